The zero-order valence-electron chi connectivity index (χ0n) is 12.7. The molecule has 2 saturated carbocycles. The van der Waals surface area contributed by atoms with Gasteiger partial charge in [-0.05, 0) is 43.4 Å². The molecule has 0 aromatic heterocycles. The van der Waals surface area contributed by atoms with Gasteiger partial charge in [-0.1, -0.05) is 33.1 Å². The van der Waals surface area contributed by atoms with Crippen molar-refractivity contribution in [3.63, 3.8) is 0 Å². The molecule has 0 spiro atoms. The maximum atomic E-state index is 9.59. The van der Waals surface area contributed by atoms with Gasteiger partial charge >= 0.3 is 0 Å². The molecule has 112 valence electrons. The molecule has 0 radical (unpaired) electrons. The lowest BCUT2D eigenvalue weighted by Gasteiger charge is -2.49. The Morgan fingerprint density at radius 3 is 2.58 bits per heavy atom. The molecule has 0 aliphatic heterocycles. The van der Waals surface area contributed by atoms with Gasteiger partial charge in [0.2, 0.25) is 0 Å². The van der Waals surface area contributed by atoms with Crippen molar-refractivity contribution in [1.29, 1.82) is 0 Å². The predicted molar refractivity (Wildman–Crippen MR) is 79.9 cm³/mol. The van der Waals surface area contributed by atoms with Crippen molar-refractivity contribution in [2.45, 2.75) is 70.4 Å². The van der Waals surface area contributed by atoms with Crippen molar-refractivity contribution in [3.05, 3.63) is 0 Å². The molecule has 2 rings (SSSR count). The predicted octanol–water partition coefficient (Wildman–Crippen LogP) is 2.28. The molecule has 19 heavy (non-hydrogen) atoms. The Morgan fingerprint density at radius 1 is 1.16 bits per heavy atom. The highest BCUT2D eigenvalue weighted by Gasteiger charge is 2.42. The number of rotatable bonds is 4. The van der Waals surface area contributed by atoms with Crippen LogP contribution in [0.15, 0.2) is 0 Å². The zero-order valence-corrected chi connectivity index (χ0v) is 12.7. The molecule has 0 bridgehead atoms. The van der Waals surface area contributed by atoms with Gasteiger partial charge in [0.15, 0.2) is 0 Å². The van der Waals surface area contributed by atoms with Crippen LogP contribution in [-0.2, 0) is 0 Å². The van der Waals surface area contributed by atoms with Crippen LogP contribution in [0.1, 0.15) is 58.8 Å². The first-order valence-electron chi connectivity index (χ1n) is 8.20. The minimum atomic E-state index is 0.104. The lowest BCUT2D eigenvalue weighted by molar-refractivity contribution is 0.0710. The summed E-state index contributed by atoms with van der Waals surface area (Å²) in [6.07, 6.45) is 8.73. The van der Waals surface area contributed by atoms with Gasteiger partial charge < -0.3 is 16.2 Å². The normalized spacial score (nSPS) is 44.2. The average molecular weight is 268 g/mol. The second-order valence-corrected chi connectivity index (χ2v) is 7.13. The smallest absolute Gasteiger partial charge is 0.0474 e. The van der Waals surface area contributed by atoms with E-state index in [2.05, 4.69) is 19.2 Å². The Hall–Kier alpha value is -0.120. The number of hydrogen-bond acceptors (Lipinski definition) is 3. The monoisotopic (exact) mass is 268 g/mol. The Kier molecular flexibility index (Phi) is 5.27. The molecule has 0 amide bonds. The standard InChI is InChI=1S/C16H32N2O/c1-12-7-8-13(2)16(9-12,11-17)18-15-6-4-3-5-14(15)10-19/h12-15,18-19H,3-11,17H2,1-2H3. The molecule has 2 aliphatic carbocycles. The Morgan fingerprint density at radius 2 is 1.89 bits per heavy atom. The van der Waals surface area contributed by atoms with Crippen LogP contribution in [0.5, 0.6) is 0 Å². The van der Waals surface area contributed by atoms with Crippen LogP contribution < -0.4 is 11.1 Å². The van der Waals surface area contributed by atoms with Crippen LogP contribution in [0, 0.1) is 17.8 Å². The van der Waals surface area contributed by atoms with Crippen molar-refractivity contribution in [2.24, 2.45) is 23.5 Å². The van der Waals surface area contributed by atoms with Gasteiger partial charge in [0, 0.05) is 24.7 Å². The van der Waals surface area contributed by atoms with Crippen LogP contribution in [0.4, 0.5) is 0 Å². The molecule has 2 aliphatic rings. The SMILES string of the molecule is CC1CCC(C)C(CN)(NC2CCCCC2CO)C1. The first kappa shape index (κ1) is 15.3. The molecule has 3 heteroatoms. The molecular weight excluding hydrogens is 236 g/mol. The second kappa shape index (κ2) is 6.55. The first-order valence-corrected chi connectivity index (χ1v) is 8.20. The lowest BCUT2D eigenvalue weighted by Crippen LogP contribution is -2.63. The van der Waals surface area contributed by atoms with Crippen molar-refractivity contribution in [2.75, 3.05) is 13.2 Å². The average Bonchev–Trinajstić information content (AvgIpc) is 2.43. The molecule has 5 unspecified atom stereocenters. The van der Waals surface area contributed by atoms with Crippen molar-refractivity contribution in [1.82, 2.24) is 5.32 Å². The first-order chi connectivity index (χ1) is 9.11. The summed E-state index contributed by atoms with van der Waals surface area (Å²) in [5.74, 6) is 1.85. The van der Waals surface area contributed by atoms with Crippen LogP contribution >= 0.6 is 0 Å². The van der Waals surface area contributed by atoms with Gasteiger partial charge in [-0.25, -0.2) is 0 Å². The molecule has 0 heterocycles. The summed E-state index contributed by atoms with van der Waals surface area (Å²) in [5, 5.41) is 13.5. The van der Waals surface area contributed by atoms with Crippen molar-refractivity contribution >= 4 is 0 Å². The minimum Gasteiger partial charge on any atom is -0.396 e. The van der Waals surface area contributed by atoms with E-state index in [1.807, 2.05) is 0 Å². The number of aliphatic hydroxyl groups excluding tert-OH is 1. The van der Waals surface area contributed by atoms with Crippen molar-refractivity contribution < 1.29 is 5.11 Å². The van der Waals surface area contributed by atoms with Gasteiger partial charge in [-0.3, -0.25) is 0 Å². The molecule has 0 aromatic rings. The van der Waals surface area contributed by atoms with E-state index < -0.39 is 0 Å². The number of nitrogens with one attached hydrogen (secondary N) is 1. The van der Waals surface area contributed by atoms with Crippen LogP contribution in [0.2, 0.25) is 0 Å². The highest BCUT2D eigenvalue weighted by Crippen LogP contribution is 2.38. The van der Waals surface area contributed by atoms with E-state index in [-0.39, 0.29) is 5.54 Å². The maximum absolute atomic E-state index is 9.59. The van der Waals surface area contributed by atoms with E-state index >= 15 is 0 Å². The van der Waals surface area contributed by atoms with E-state index in [0.29, 0.717) is 24.5 Å². The molecule has 5 atom stereocenters. The van der Waals surface area contributed by atoms with Crippen LogP contribution in [-0.4, -0.2) is 29.8 Å². The summed E-state index contributed by atoms with van der Waals surface area (Å²) in [6, 6.07) is 0.468. The van der Waals surface area contributed by atoms with E-state index in [0.717, 1.165) is 12.5 Å². The largest absolute Gasteiger partial charge is 0.396 e. The van der Waals surface area contributed by atoms with Crippen LogP contribution in [0.25, 0.3) is 0 Å². The molecule has 4 N–H and O–H groups in total. The lowest BCUT2D eigenvalue weighted by atomic mass is 9.68. The summed E-state index contributed by atoms with van der Waals surface area (Å²) in [4.78, 5) is 0. The minimum absolute atomic E-state index is 0.104. The van der Waals surface area contributed by atoms with Gasteiger partial charge in [0.25, 0.3) is 0 Å². The van der Waals surface area contributed by atoms with Gasteiger partial charge in [-0.15, -0.1) is 0 Å². The third-order valence-corrected chi connectivity index (χ3v) is 5.73. The highest BCUT2D eigenvalue weighted by atomic mass is 16.3. The summed E-state index contributed by atoms with van der Waals surface area (Å²) in [7, 11) is 0. The quantitative estimate of drug-likeness (QED) is 0.733. The summed E-state index contributed by atoms with van der Waals surface area (Å²) in [6.45, 7) is 5.75. The Balaban J connectivity index is 2.07. The number of hydrogen-bond donors (Lipinski definition) is 3. The molecule has 2 fully saturated rings. The Labute approximate surface area is 118 Å². The highest BCUT2D eigenvalue weighted by molar-refractivity contribution is 5.01. The van der Waals surface area contributed by atoms with E-state index in [4.69, 9.17) is 5.73 Å². The van der Waals surface area contributed by atoms with Crippen LogP contribution in [0.3, 0.4) is 0 Å². The molecule has 0 saturated heterocycles. The molecule has 3 nitrogen and oxygen atoms in total. The summed E-state index contributed by atoms with van der Waals surface area (Å²) in [5.41, 5.74) is 6.27. The van der Waals surface area contributed by atoms with Crippen molar-refractivity contribution in [3.8, 4) is 0 Å². The summed E-state index contributed by atoms with van der Waals surface area (Å²) >= 11 is 0. The zero-order chi connectivity index (χ0) is 13.9. The molecular formula is C16H32N2O. The second-order valence-electron chi connectivity index (χ2n) is 7.13. The van der Waals surface area contributed by atoms with Gasteiger partial charge in [0.1, 0.15) is 0 Å². The van der Waals surface area contributed by atoms with E-state index in [1.165, 1.54) is 44.9 Å². The fourth-order valence-corrected chi connectivity index (χ4v) is 4.27. The molecule has 0 aromatic carbocycles. The van der Waals surface area contributed by atoms with Gasteiger partial charge in [-0.2, -0.15) is 0 Å². The third kappa shape index (κ3) is 3.32. The van der Waals surface area contributed by atoms with Gasteiger partial charge in [0.05, 0.1) is 0 Å². The topological polar surface area (TPSA) is 58.3 Å². The van der Waals surface area contributed by atoms with E-state index in [1.54, 1.807) is 0 Å². The fraction of sp³-hybridized carbons (Fsp3) is 1.00. The number of aliphatic hydroxyl groups is 1. The number of nitrogens with two attached hydrogens (primary N) is 1. The third-order valence-electron chi connectivity index (χ3n) is 5.73. The summed E-state index contributed by atoms with van der Waals surface area (Å²) < 4.78 is 0. The Bertz CT molecular complexity index is 284. The fourth-order valence-electron chi connectivity index (χ4n) is 4.27. The maximum Gasteiger partial charge on any atom is 0.0474 e. The van der Waals surface area contributed by atoms with E-state index in [9.17, 15) is 5.11 Å².